The van der Waals surface area contributed by atoms with Crippen molar-refractivity contribution < 1.29 is 14.6 Å². The summed E-state index contributed by atoms with van der Waals surface area (Å²) in [7, 11) is 0. The summed E-state index contributed by atoms with van der Waals surface area (Å²) in [5.74, 6) is -1.12. The molecule has 1 N–H and O–H groups in total. The van der Waals surface area contributed by atoms with E-state index in [4.69, 9.17) is 9.84 Å². The van der Waals surface area contributed by atoms with E-state index in [-0.39, 0.29) is 12.0 Å². The zero-order chi connectivity index (χ0) is 12.0. The summed E-state index contributed by atoms with van der Waals surface area (Å²) in [5, 5.41) is 9.08. The van der Waals surface area contributed by atoms with Gasteiger partial charge in [-0.15, -0.1) is 6.58 Å². The number of carboxylic acids is 1. The normalized spacial score (nSPS) is 24.9. The number of hydrogen-bond donors (Lipinski definition) is 1. The molecule has 0 spiro atoms. The maximum atomic E-state index is 11.0. The van der Waals surface area contributed by atoms with E-state index in [1.807, 2.05) is 6.08 Å². The molecule has 0 aromatic rings. The van der Waals surface area contributed by atoms with Gasteiger partial charge in [-0.05, 0) is 25.9 Å². The van der Waals surface area contributed by atoms with Crippen molar-refractivity contribution in [2.75, 3.05) is 26.3 Å². The van der Waals surface area contributed by atoms with Crippen LogP contribution in [-0.4, -0.2) is 48.3 Å². The number of ether oxygens (including phenoxy) is 1. The van der Waals surface area contributed by atoms with Gasteiger partial charge in [-0.2, -0.15) is 0 Å². The lowest BCUT2D eigenvalue weighted by atomic mass is 10.0. The Morgan fingerprint density at radius 2 is 2.38 bits per heavy atom. The van der Waals surface area contributed by atoms with Crippen molar-refractivity contribution in [3.63, 3.8) is 0 Å². The molecular weight excluding hydrogens is 206 g/mol. The molecule has 4 heteroatoms. The fourth-order valence-corrected chi connectivity index (χ4v) is 2.14. The molecule has 2 atom stereocenters. The Balaban J connectivity index is 2.50. The first-order valence-corrected chi connectivity index (χ1v) is 5.86. The monoisotopic (exact) mass is 227 g/mol. The molecule has 0 aliphatic carbocycles. The lowest BCUT2D eigenvalue weighted by molar-refractivity contribution is -0.143. The molecule has 1 aliphatic rings. The van der Waals surface area contributed by atoms with Crippen molar-refractivity contribution in [3.8, 4) is 0 Å². The topological polar surface area (TPSA) is 49.8 Å². The number of carboxylic acid groups (broad SMARTS) is 1. The molecule has 0 aromatic carbocycles. The van der Waals surface area contributed by atoms with E-state index in [2.05, 4.69) is 18.4 Å². The molecule has 1 aliphatic heterocycles. The third kappa shape index (κ3) is 3.32. The van der Waals surface area contributed by atoms with Crippen LogP contribution in [0.25, 0.3) is 0 Å². The van der Waals surface area contributed by atoms with E-state index in [9.17, 15) is 4.79 Å². The molecule has 1 saturated heterocycles. The lowest BCUT2D eigenvalue weighted by Crippen LogP contribution is -2.43. The van der Waals surface area contributed by atoms with Gasteiger partial charge in [0.1, 0.15) is 0 Å². The van der Waals surface area contributed by atoms with Gasteiger partial charge in [-0.3, -0.25) is 9.69 Å². The highest BCUT2D eigenvalue weighted by Crippen LogP contribution is 2.20. The molecule has 0 radical (unpaired) electrons. The van der Waals surface area contributed by atoms with Gasteiger partial charge >= 0.3 is 5.97 Å². The molecule has 0 bridgehead atoms. The Kier molecular flexibility index (Phi) is 5.49. The summed E-state index contributed by atoms with van der Waals surface area (Å²) in [6, 6.07) is 0.0346. The number of hydrogen-bond acceptors (Lipinski definition) is 3. The zero-order valence-electron chi connectivity index (χ0n) is 9.89. The SMILES string of the molecule is C=CCCCN(CC)C1COCC1C(=O)O. The first-order chi connectivity index (χ1) is 7.70. The molecule has 0 aromatic heterocycles. The second-order valence-electron chi connectivity index (χ2n) is 4.11. The highest BCUT2D eigenvalue weighted by molar-refractivity contribution is 5.71. The Labute approximate surface area is 96.9 Å². The van der Waals surface area contributed by atoms with Gasteiger partial charge in [0, 0.05) is 6.04 Å². The van der Waals surface area contributed by atoms with Crippen LogP contribution in [-0.2, 0) is 9.53 Å². The number of allylic oxidation sites excluding steroid dienone is 1. The van der Waals surface area contributed by atoms with Crippen molar-refractivity contribution in [3.05, 3.63) is 12.7 Å². The van der Waals surface area contributed by atoms with E-state index >= 15 is 0 Å². The number of aliphatic carboxylic acids is 1. The standard InChI is InChI=1S/C12H21NO3/c1-3-5-6-7-13(4-2)11-9-16-8-10(11)12(14)15/h3,10-11H,1,4-9H2,2H3,(H,14,15). The van der Waals surface area contributed by atoms with Gasteiger partial charge in [-0.25, -0.2) is 0 Å². The lowest BCUT2D eigenvalue weighted by Gasteiger charge is -2.28. The van der Waals surface area contributed by atoms with Gasteiger partial charge in [-0.1, -0.05) is 13.0 Å². The third-order valence-electron chi connectivity index (χ3n) is 3.10. The zero-order valence-corrected chi connectivity index (χ0v) is 9.89. The average molecular weight is 227 g/mol. The smallest absolute Gasteiger partial charge is 0.310 e. The highest BCUT2D eigenvalue weighted by atomic mass is 16.5. The molecule has 0 amide bonds. The van der Waals surface area contributed by atoms with Crippen LogP contribution in [0, 0.1) is 5.92 Å². The predicted molar refractivity (Wildman–Crippen MR) is 62.4 cm³/mol. The first kappa shape index (κ1) is 13.2. The van der Waals surface area contributed by atoms with E-state index in [1.165, 1.54) is 0 Å². The van der Waals surface area contributed by atoms with Crippen molar-refractivity contribution in [1.29, 1.82) is 0 Å². The van der Waals surface area contributed by atoms with Crippen LogP contribution in [0.15, 0.2) is 12.7 Å². The molecule has 1 rings (SSSR count). The van der Waals surface area contributed by atoms with Crippen LogP contribution in [0.3, 0.4) is 0 Å². The summed E-state index contributed by atoms with van der Waals surface area (Å²) < 4.78 is 5.28. The fraction of sp³-hybridized carbons (Fsp3) is 0.750. The minimum Gasteiger partial charge on any atom is -0.481 e. The second kappa shape index (κ2) is 6.66. The first-order valence-electron chi connectivity index (χ1n) is 5.86. The number of unbranched alkanes of at least 4 members (excludes halogenated alkanes) is 1. The molecule has 4 nitrogen and oxygen atoms in total. The predicted octanol–water partition coefficient (Wildman–Crippen LogP) is 1.37. The molecule has 16 heavy (non-hydrogen) atoms. The summed E-state index contributed by atoms with van der Waals surface area (Å²) in [6.45, 7) is 8.42. The van der Waals surface area contributed by atoms with Crippen LogP contribution in [0.2, 0.25) is 0 Å². The Bertz CT molecular complexity index is 242. The van der Waals surface area contributed by atoms with E-state index in [0.29, 0.717) is 13.2 Å². The maximum absolute atomic E-state index is 11.0. The van der Waals surface area contributed by atoms with Crippen LogP contribution in [0.4, 0.5) is 0 Å². The number of nitrogens with zero attached hydrogens (tertiary/aromatic N) is 1. The minimum atomic E-state index is -0.746. The number of rotatable bonds is 7. The summed E-state index contributed by atoms with van der Waals surface area (Å²) in [6.07, 6.45) is 3.90. The second-order valence-corrected chi connectivity index (χ2v) is 4.11. The largest absolute Gasteiger partial charge is 0.481 e. The van der Waals surface area contributed by atoms with Crippen molar-refractivity contribution >= 4 is 5.97 Å². The summed E-state index contributed by atoms with van der Waals surface area (Å²) >= 11 is 0. The molecule has 2 unspecified atom stereocenters. The van der Waals surface area contributed by atoms with Crippen LogP contribution in [0.1, 0.15) is 19.8 Å². The van der Waals surface area contributed by atoms with Gasteiger partial charge in [0.15, 0.2) is 0 Å². The Morgan fingerprint density at radius 3 is 2.94 bits per heavy atom. The molecule has 0 saturated carbocycles. The van der Waals surface area contributed by atoms with E-state index in [1.54, 1.807) is 0 Å². The molecular formula is C12H21NO3. The van der Waals surface area contributed by atoms with Crippen LogP contribution >= 0.6 is 0 Å². The van der Waals surface area contributed by atoms with Crippen molar-refractivity contribution in [2.45, 2.75) is 25.8 Å². The van der Waals surface area contributed by atoms with Crippen LogP contribution < -0.4 is 0 Å². The summed E-state index contributed by atoms with van der Waals surface area (Å²) in [5.41, 5.74) is 0. The van der Waals surface area contributed by atoms with Gasteiger partial charge in [0.05, 0.1) is 19.1 Å². The van der Waals surface area contributed by atoms with Crippen molar-refractivity contribution in [2.24, 2.45) is 5.92 Å². The summed E-state index contributed by atoms with van der Waals surface area (Å²) in [4.78, 5) is 13.2. The van der Waals surface area contributed by atoms with E-state index < -0.39 is 5.97 Å². The van der Waals surface area contributed by atoms with Crippen molar-refractivity contribution in [1.82, 2.24) is 4.90 Å². The Hall–Kier alpha value is -0.870. The van der Waals surface area contributed by atoms with Gasteiger partial charge < -0.3 is 9.84 Å². The highest BCUT2D eigenvalue weighted by Gasteiger charge is 2.37. The minimum absolute atomic E-state index is 0.0346. The van der Waals surface area contributed by atoms with E-state index in [0.717, 1.165) is 25.9 Å². The molecule has 92 valence electrons. The number of likely N-dealkylation sites (N-methyl/N-ethyl adjacent to an activating group) is 1. The van der Waals surface area contributed by atoms with Gasteiger partial charge in [0.2, 0.25) is 0 Å². The Morgan fingerprint density at radius 1 is 1.62 bits per heavy atom. The third-order valence-corrected chi connectivity index (χ3v) is 3.10. The fourth-order valence-electron chi connectivity index (χ4n) is 2.14. The molecule has 1 fully saturated rings. The molecule has 1 heterocycles. The maximum Gasteiger partial charge on any atom is 0.310 e. The quantitative estimate of drug-likeness (QED) is 0.527. The van der Waals surface area contributed by atoms with Crippen LogP contribution in [0.5, 0.6) is 0 Å². The van der Waals surface area contributed by atoms with Gasteiger partial charge in [0.25, 0.3) is 0 Å². The average Bonchev–Trinajstić information content (AvgIpc) is 2.73. The number of carbonyl (C=O) groups is 1.